The van der Waals surface area contributed by atoms with E-state index < -0.39 is 0 Å². The summed E-state index contributed by atoms with van der Waals surface area (Å²) < 4.78 is 7.76. The lowest BCUT2D eigenvalue weighted by atomic mass is 10.1. The molecule has 1 saturated heterocycles. The van der Waals surface area contributed by atoms with Gasteiger partial charge in [-0.05, 0) is 24.6 Å². The summed E-state index contributed by atoms with van der Waals surface area (Å²) in [7, 11) is 1.98. The minimum atomic E-state index is 0.498. The van der Waals surface area contributed by atoms with Crippen LogP contribution in [0.3, 0.4) is 0 Å². The predicted octanol–water partition coefficient (Wildman–Crippen LogP) is 1.79. The third kappa shape index (κ3) is 3.87. The van der Waals surface area contributed by atoms with Crippen LogP contribution < -0.4 is 10.1 Å². The summed E-state index contributed by atoms with van der Waals surface area (Å²) in [6, 6.07) is 8.98. The van der Waals surface area contributed by atoms with Crippen molar-refractivity contribution in [3.8, 4) is 5.75 Å². The highest BCUT2D eigenvalue weighted by Gasteiger charge is 2.15. The number of aromatic nitrogens is 2. The second kappa shape index (κ2) is 6.94. The van der Waals surface area contributed by atoms with E-state index in [9.17, 15) is 0 Å². The van der Waals surface area contributed by atoms with Gasteiger partial charge in [0.2, 0.25) is 0 Å². The molecule has 5 nitrogen and oxygen atoms in total. The molecule has 1 fully saturated rings. The van der Waals surface area contributed by atoms with Crippen LogP contribution in [0.1, 0.15) is 18.3 Å². The van der Waals surface area contributed by atoms with Gasteiger partial charge in [-0.2, -0.15) is 0 Å². The minimum absolute atomic E-state index is 0.498. The van der Waals surface area contributed by atoms with Crippen molar-refractivity contribution >= 4 is 0 Å². The predicted molar refractivity (Wildman–Crippen MR) is 86.7 cm³/mol. The number of hydrogen-bond acceptors (Lipinski definition) is 4. The Morgan fingerprint density at radius 3 is 2.82 bits per heavy atom. The van der Waals surface area contributed by atoms with Crippen LogP contribution in [0.25, 0.3) is 0 Å². The fourth-order valence-corrected chi connectivity index (χ4v) is 2.79. The van der Waals surface area contributed by atoms with E-state index in [0.717, 1.165) is 37.8 Å². The van der Waals surface area contributed by atoms with Crippen LogP contribution in [0.4, 0.5) is 0 Å². The average Bonchev–Trinajstić information content (AvgIpc) is 2.92. The lowest BCUT2D eigenvalue weighted by Gasteiger charge is -2.31. The molecule has 0 amide bonds. The second-order valence-electron chi connectivity index (χ2n) is 5.98. The zero-order chi connectivity index (χ0) is 15.4. The highest BCUT2D eigenvalue weighted by Crippen LogP contribution is 2.15. The number of imidazole rings is 1. The van der Waals surface area contributed by atoms with Gasteiger partial charge in [0.05, 0.1) is 0 Å². The molecule has 1 aromatic heterocycles. The van der Waals surface area contributed by atoms with Gasteiger partial charge in [0, 0.05) is 51.7 Å². The van der Waals surface area contributed by atoms with Crippen molar-refractivity contribution < 1.29 is 4.74 Å². The van der Waals surface area contributed by atoms with E-state index in [1.54, 1.807) is 6.20 Å². The molecular weight excluding hydrogens is 276 g/mol. The Morgan fingerprint density at radius 2 is 2.14 bits per heavy atom. The molecule has 1 N–H and O–H groups in total. The van der Waals surface area contributed by atoms with E-state index in [2.05, 4.69) is 34.3 Å². The Bertz CT molecular complexity index is 593. The third-order valence-electron chi connectivity index (χ3n) is 4.07. The van der Waals surface area contributed by atoms with E-state index in [4.69, 9.17) is 4.74 Å². The van der Waals surface area contributed by atoms with Crippen molar-refractivity contribution in [3.63, 3.8) is 0 Å². The maximum atomic E-state index is 5.79. The van der Waals surface area contributed by atoms with Gasteiger partial charge in [-0.3, -0.25) is 4.90 Å². The summed E-state index contributed by atoms with van der Waals surface area (Å²) in [4.78, 5) is 6.75. The molecular formula is C17H24N4O. The van der Waals surface area contributed by atoms with Crippen LogP contribution in [-0.4, -0.2) is 40.1 Å². The van der Waals surface area contributed by atoms with E-state index in [0.29, 0.717) is 12.6 Å². The van der Waals surface area contributed by atoms with Crippen molar-refractivity contribution in [1.82, 2.24) is 19.8 Å². The van der Waals surface area contributed by atoms with Gasteiger partial charge in [0.15, 0.2) is 0 Å². The summed E-state index contributed by atoms with van der Waals surface area (Å²) >= 11 is 0. The summed E-state index contributed by atoms with van der Waals surface area (Å²) in [6.07, 6.45) is 3.71. The van der Waals surface area contributed by atoms with Crippen LogP contribution in [0, 0.1) is 0 Å². The maximum absolute atomic E-state index is 5.79. The van der Waals surface area contributed by atoms with Gasteiger partial charge >= 0.3 is 0 Å². The van der Waals surface area contributed by atoms with E-state index in [1.807, 2.05) is 29.9 Å². The quantitative estimate of drug-likeness (QED) is 0.914. The normalized spacial score (nSPS) is 19.3. The molecule has 1 aromatic carbocycles. The SMILES string of the molecule is CC1CN(Cc2ccc(OCc3nccn3C)cc2)CCN1. The molecule has 2 heterocycles. The van der Waals surface area contributed by atoms with Gasteiger partial charge in [-0.25, -0.2) is 4.98 Å². The smallest absolute Gasteiger partial charge is 0.146 e. The zero-order valence-corrected chi connectivity index (χ0v) is 13.3. The van der Waals surface area contributed by atoms with E-state index in [1.165, 1.54) is 5.56 Å². The van der Waals surface area contributed by atoms with Crippen molar-refractivity contribution in [3.05, 3.63) is 48.0 Å². The summed E-state index contributed by atoms with van der Waals surface area (Å²) in [5.41, 5.74) is 1.33. The van der Waals surface area contributed by atoms with Crippen LogP contribution >= 0.6 is 0 Å². The van der Waals surface area contributed by atoms with Crippen molar-refractivity contribution in [1.29, 1.82) is 0 Å². The van der Waals surface area contributed by atoms with Crippen molar-refractivity contribution in [2.24, 2.45) is 7.05 Å². The van der Waals surface area contributed by atoms with Crippen LogP contribution in [0.5, 0.6) is 5.75 Å². The number of ether oxygens (including phenoxy) is 1. The van der Waals surface area contributed by atoms with Crippen LogP contribution in [0.15, 0.2) is 36.7 Å². The van der Waals surface area contributed by atoms with E-state index in [-0.39, 0.29) is 0 Å². The molecule has 0 saturated carbocycles. The number of hydrogen-bond donors (Lipinski definition) is 1. The maximum Gasteiger partial charge on any atom is 0.146 e. The highest BCUT2D eigenvalue weighted by molar-refractivity contribution is 5.27. The van der Waals surface area contributed by atoms with Gasteiger partial charge in [0.1, 0.15) is 18.2 Å². The molecule has 2 aromatic rings. The lowest BCUT2D eigenvalue weighted by Crippen LogP contribution is -2.48. The monoisotopic (exact) mass is 300 g/mol. The first-order valence-corrected chi connectivity index (χ1v) is 7.84. The third-order valence-corrected chi connectivity index (χ3v) is 4.07. The van der Waals surface area contributed by atoms with Crippen molar-refractivity contribution in [2.45, 2.75) is 26.1 Å². The molecule has 0 radical (unpaired) electrons. The van der Waals surface area contributed by atoms with Crippen LogP contribution in [0.2, 0.25) is 0 Å². The second-order valence-corrected chi connectivity index (χ2v) is 5.98. The molecule has 1 unspecified atom stereocenters. The molecule has 1 atom stereocenters. The lowest BCUT2D eigenvalue weighted by molar-refractivity contribution is 0.199. The first kappa shape index (κ1) is 15.1. The number of benzene rings is 1. The average molecular weight is 300 g/mol. The molecule has 1 aliphatic heterocycles. The van der Waals surface area contributed by atoms with Crippen LogP contribution in [-0.2, 0) is 20.2 Å². The Morgan fingerprint density at radius 1 is 1.32 bits per heavy atom. The molecule has 3 rings (SSSR count). The Hall–Kier alpha value is -1.85. The summed E-state index contributed by atoms with van der Waals surface area (Å²) in [6.45, 7) is 7.04. The number of piperazine rings is 1. The van der Waals surface area contributed by atoms with Gasteiger partial charge in [-0.15, -0.1) is 0 Å². The zero-order valence-electron chi connectivity index (χ0n) is 13.3. The number of rotatable bonds is 5. The van der Waals surface area contributed by atoms with E-state index >= 15 is 0 Å². The van der Waals surface area contributed by atoms with Gasteiger partial charge in [0.25, 0.3) is 0 Å². The fraction of sp³-hybridized carbons (Fsp3) is 0.471. The Balaban J connectivity index is 1.52. The molecule has 5 heteroatoms. The fourth-order valence-electron chi connectivity index (χ4n) is 2.79. The van der Waals surface area contributed by atoms with Gasteiger partial charge in [-0.1, -0.05) is 12.1 Å². The number of aryl methyl sites for hydroxylation is 1. The minimum Gasteiger partial charge on any atom is -0.486 e. The largest absolute Gasteiger partial charge is 0.486 e. The summed E-state index contributed by atoms with van der Waals surface area (Å²) in [5.74, 6) is 1.82. The number of nitrogens with one attached hydrogen (secondary N) is 1. The first-order chi connectivity index (χ1) is 10.7. The van der Waals surface area contributed by atoms with Crippen molar-refractivity contribution in [2.75, 3.05) is 19.6 Å². The van der Waals surface area contributed by atoms with Gasteiger partial charge < -0.3 is 14.6 Å². The molecule has 0 bridgehead atoms. The standard InChI is InChI=1S/C17H24N4O/c1-14-11-21(10-8-18-14)12-15-3-5-16(6-4-15)22-13-17-19-7-9-20(17)2/h3-7,9,14,18H,8,10-13H2,1-2H3. The Labute approximate surface area is 131 Å². The number of nitrogens with zero attached hydrogens (tertiary/aromatic N) is 3. The molecule has 22 heavy (non-hydrogen) atoms. The molecule has 0 spiro atoms. The molecule has 118 valence electrons. The first-order valence-electron chi connectivity index (χ1n) is 7.84. The molecule has 0 aliphatic carbocycles. The summed E-state index contributed by atoms with van der Waals surface area (Å²) in [5, 5.41) is 3.47. The topological polar surface area (TPSA) is 42.3 Å². The Kier molecular flexibility index (Phi) is 4.75. The highest BCUT2D eigenvalue weighted by atomic mass is 16.5. The molecule has 1 aliphatic rings.